The van der Waals surface area contributed by atoms with E-state index in [0.717, 1.165) is 22.5 Å². The van der Waals surface area contributed by atoms with E-state index >= 15 is 0 Å². The van der Waals surface area contributed by atoms with Crippen LogP contribution in [0.1, 0.15) is 58.8 Å². The van der Waals surface area contributed by atoms with Crippen LogP contribution >= 0.6 is 0 Å². The number of carboxylic acids is 3. The third kappa shape index (κ3) is 10.1. The fourth-order valence-electron chi connectivity index (χ4n) is 3.80. The van der Waals surface area contributed by atoms with E-state index in [1.807, 2.05) is 58.0 Å². The van der Waals surface area contributed by atoms with Crippen LogP contribution < -0.4 is 0 Å². The van der Waals surface area contributed by atoms with Crippen LogP contribution in [0.5, 0.6) is 0 Å². The van der Waals surface area contributed by atoms with Crippen LogP contribution in [0.15, 0.2) is 100 Å². The first-order chi connectivity index (χ1) is 22.8. The van der Waals surface area contributed by atoms with E-state index in [-0.39, 0.29) is 58.9 Å². The van der Waals surface area contributed by atoms with Gasteiger partial charge in [-0.3, -0.25) is 9.97 Å². The first-order valence-electron chi connectivity index (χ1n) is 14.3. The van der Waals surface area contributed by atoms with Gasteiger partial charge in [0.1, 0.15) is 0 Å². The first-order valence-corrected chi connectivity index (χ1v) is 14.3. The smallest absolute Gasteiger partial charge is 0.565 e. The summed E-state index contributed by atoms with van der Waals surface area (Å²) in [6.07, 6.45) is 11.2. The van der Waals surface area contributed by atoms with Gasteiger partial charge < -0.3 is 29.1 Å². The molecule has 0 radical (unpaired) electrons. The molecule has 0 spiro atoms. The van der Waals surface area contributed by atoms with Crippen molar-refractivity contribution in [3.05, 3.63) is 121 Å². The number of nitrogens with zero attached hydrogens (tertiary/aromatic N) is 4. The normalized spacial score (nSPS) is 9.58. The van der Waals surface area contributed by atoms with Crippen LogP contribution in [0.25, 0.3) is 45.3 Å². The molecule has 6 rings (SSSR count). The largest absolute Gasteiger partial charge is 2.00 e. The van der Waals surface area contributed by atoms with Gasteiger partial charge in [-0.05, 0) is 60.3 Å². The molecular formula is C35H30N4O8Ru. The fraction of sp³-hybridized carbons (Fsp3) is 0.114. The number of hydrogen-bond donors (Lipinski definition) is 3. The van der Waals surface area contributed by atoms with Gasteiger partial charge in [0.15, 0.2) is 0 Å². The van der Waals surface area contributed by atoms with Crippen molar-refractivity contribution in [2.75, 3.05) is 0 Å². The number of carboxylic acid groups (broad SMARTS) is 3. The Morgan fingerprint density at radius 1 is 0.542 bits per heavy atom. The average Bonchev–Trinajstić information content (AvgIpc) is 3.86. The van der Waals surface area contributed by atoms with E-state index < -0.39 is 17.9 Å². The van der Waals surface area contributed by atoms with E-state index in [0.29, 0.717) is 0 Å². The van der Waals surface area contributed by atoms with Gasteiger partial charge in [0, 0.05) is 24.9 Å². The Morgan fingerprint density at radius 2 is 0.917 bits per heavy atom. The zero-order valence-electron chi connectivity index (χ0n) is 26.2. The Bertz CT molecular complexity index is 1800. The van der Waals surface area contributed by atoms with E-state index in [2.05, 4.69) is 32.5 Å². The second kappa shape index (κ2) is 19.0. The number of furan rings is 2. The summed E-state index contributed by atoms with van der Waals surface area (Å²) in [6, 6.07) is 17.0. The number of carbonyl (C=O) groups is 3. The molecule has 0 amide bonds. The molecule has 0 aliphatic heterocycles. The van der Waals surface area contributed by atoms with Crippen molar-refractivity contribution in [3.8, 4) is 45.3 Å². The van der Waals surface area contributed by atoms with Crippen LogP contribution in [-0.4, -0.2) is 53.2 Å². The number of aromatic carboxylic acids is 3. The first kappa shape index (κ1) is 38.4. The monoisotopic (exact) mass is 736 g/mol. The van der Waals surface area contributed by atoms with Gasteiger partial charge in [0.2, 0.25) is 0 Å². The molecule has 6 heterocycles. The summed E-state index contributed by atoms with van der Waals surface area (Å²) in [5.41, 5.74) is 3.69. The molecule has 0 aromatic carbocycles. The summed E-state index contributed by atoms with van der Waals surface area (Å²) in [6.45, 7) is 8.00. The van der Waals surface area contributed by atoms with Gasteiger partial charge in [-0.15, -0.1) is 12.1 Å². The molecule has 12 nitrogen and oxygen atoms in total. The average molecular weight is 736 g/mol. The number of hydrogen-bond acceptors (Lipinski definition) is 9. The van der Waals surface area contributed by atoms with Crippen molar-refractivity contribution in [3.63, 3.8) is 0 Å². The standard InChI is InChI=1S/C18H11N3O6.C13H7NO2.2C2H6.Ru/c22-16(23)9-1-3-19-12(5-9)14-7-11(18(26)27)8-15(21-14)13-6-10(17(24)25)2-4-20-13;1-2-12(10-4-6-15-8-10)14-13(3-1)11-5-7-16-9-11;2*1-2;/h1-8H,(H,22,23)(H,24,25)(H,26,27);1-7H;2*1-2H3;/q;-2;;;+2. The fourth-order valence-corrected chi connectivity index (χ4v) is 3.80. The van der Waals surface area contributed by atoms with Crippen LogP contribution in [0.2, 0.25) is 0 Å². The molecule has 48 heavy (non-hydrogen) atoms. The van der Waals surface area contributed by atoms with Gasteiger partial charge in [-0.2, -0.15) is 0 Å². The zero-order valence-corrected chi connectivity index (χ0v) is 27.9. The van der Waals surface area contributed by atoms with Gasteiger partial charge >= 0.3 is 37.4 Å². The Hall–Kier alpha value is -5.81. The maximum Gasteiger partial charge on any atom is 2.00 e. The molecule has 0 bridgehead atoms. The van der Waals surface area contributed by atoms with Gasteiger partial charge in [0.05, 0.1) is 39.5 Å². The summed E-state index contributed by atoms with van der Waals surface area (Å²) >= 11 is 0. The Morgan fingerprint density at radius 3 is 1.27 bits per heavy atom. The maximum atomic E-state index is 11.5. The van der Waals surface area contributed by atoms with Crippen molar-refractivity contribution in [1.29, 1.82) is 0 Å². The van der Waals surface area contributed by atoms with Crippen molar-refractivity contribution >= 4 is 17.9 Å². The predicted molar refractivity (Wildman–Crippen MR) is 172 cm³/mol. The Kier molecular flexibility index (Phi) is 15.2. The summed E-state index contributed by atoms with van der Waals surface area (Å²) in [5.74, 6) is -3.56. The number of aromatic nitrogens is 4. The Balaban J connectivity index is 0.000000325. The number of rotatable bonds is 7. The molecular weight excluding hydrogens is 705 g/mol. The topological polar surface area (TPSA) is 190 Å². The molecule has 0 fully saturated rings. The quantitative estimate of drug-likeness (QED) is 0.108. The summed E-state index contributed by atoms with van der Waals surface area (Å²) < 4.78 is 9.82. The SMILES string of the molecule is CC.CC.O=C(O)c1ccnc(-c2cc(C(=O)O)cc(-c3cc(C(=O)O)ccn3)n2)c1.[Ru+2].[c-]1occc1-c1cccc(-c2[c-]occ2)n1. The van der Waals surface area contributed by atoms with Gasteiger partial charge in [0.25, 0.3) is 0 Å². The van der Waals surface area contributed by atoms with Crippen LogP contribution in [0.4, 0.5) is 0 Å². The molecule has 0 saturated carbocycles. The molecule has 3 N–H and O–H groups in total. The molecule has 0 saturated heterocycles. The van der Waals surface area contributed by atoms with Crippen molar-refractivity contribution in [2.24, 2.45) is 0 Å². The summed E-state index contributed by atoms with van der Waals surface area (Å²) in [7, 11) is 0. The molecule has 0 atom stereocenters. The molecule has 6 aromatic heterocycles. The minimum Gasteiger partial charge on any atom is -0.565 e. The predicted octanol–water partition coefficient (Wildman–Crippen LogP) is 7.55. The minimum absolute atomic E-state index is 0. The van der Waals surface area contributed by atoms with Crippen LogP contribution in [0.3, 0.4) is 0 Å². The molecule has 6 aromatic rings. The second-order valence-electron chi connectivity index (χ2n) is 8.68. The zero-order chi connectivity index (χ0) is 34.3. The van der Waals surface area contributed by atoms with E-state index in [4.69, 9.17) is 19.0 Å². The molecule has 13 heteroatoms. The molecule has 246 valence electrons. The van der Waals surface area contributed by atoms with E-state index in [1.165, 1.54) is 48.8 Å². The van der Waals surface area contributed by atoms with Crippen molar-refractivity contribution < 1.29 is 58.0 Å². The van der Waals surface area contributed by atoms with Crippen molar-refractivity contribution in [2.45, 2.75) is 27.7 Å². The van der Waals surface area contributed by atoms with E-state index in [9.17, 15) is 19.5 Å². The van der Waals surface area contributed by atoms with Crippen LogP contribution in [-0.2, 0) is 19.5 Å². The van der Waals surface area contributed by atoms with Crippen molar-refractivity contribution in [1.82, 2.24) is 19.9 Å². The minimum atomic E-state index is -1.23. The third-order valence-electron chi connectivity index (χ3n) is 5.86. The maximum absolute atomic E-state index is 11.5. The summed E-state index contributed by atoms with van der Waals surface area (Å²) in [4.78, 5) is 50.6. The Labute approximate surface area is 289 Å². The molecule has 0 unspecified atom stereocenters. The van der Waals surface area contributed by atoms with Crippen LogP contribution in [0, 0.1) is 12.5 Å². The summed E-state index contributed by atoms with van der Waals surface area (Å²) in [5, 5.41) is 27.6. The number of pyridine rings is 4. The molecule has 0 aliphatic rings. The third-order valence-corrected chi connectivity index (χ3v) is 5.86. The molecule has 0 aliphatic carbocycles. The van der Waals surface area contributed by atoms with E-state index in [1.54, 1.807) is 12.5 Å². The van der Waals surface area contributed by atoms with Gasteiger partial charge in [-0.1, -0.05) is 57.0 Å². The van der Waals surface area contributed by atoms with Gasteiger partial charge in [-0.25, -0.2) is 19.4 Å². The second-order valence-corrected chi connectivity index (χ2v) is 8.68.